The summed E-state index contributed by atoms with van der Waals surface area (Å²) in [4.78, 5) is 10.4. The van der Waals surface area contributed by atoms with Gasteiger partial charge in [0.05, 0.1) is 15.7 Å². The molecule has 0 bridgehead atoms. The van der Waals surface area contributed by atoms with E-state index in [0.717, 1.165) is 22.8 Å². The van der Waals surface area contributed by atoms with Crippen LogP contribution in [0.4, 0.5) is 11.8 Å². The van der Waals surface area contributed by atoms with Gasteiger partial charge in [-0.25, -0.2) is 0 Å². The molecule has 1 saturated carbocycles. The molecule has 1 aliphatic rings. The van der Waals surface area contributed by atoms with E-state index in [2.05, 4.69) is 37.9 Å². The molecule has 2 N–H and O–H groups in total. The van der Waals surface area contributed by atoms with Crippen LogP contribution in [0.3, 0.4) is 0 Å². The number of aliphatic hydroxyl groups is 1. The summed E-state index contributed by atoms with van der Waals surface area (Å²) >= 11 is 8.22. The van der Waals surface area contributed by atoms with Gasteiger partial charge in [0, 0.05) is 14.1 Å². The quantitative estimate of drug-likeness (QED) is 0.619. The number of nitrogens with zero attached hydrogens (tertiary/aromatic N) is 3. The number of halogens is 2. The molecule has 2 rings (SSSR count). The van der Waals surface area contributed by atoms with Gasteiger partial charge in [-0.1, -0.05) is 11.6 Å². The van der Waals surface area contributed by atoms with Crippen LogP contribution >= 0.6 is 34.2 Å². The van der Waals surface area contributed by atoms with Gasteiger partial charge in [-0.2, -0.15) is 9.97 Å². The number of hydrogen-bond donors (Lipinski definition) is 2. The standard InChI is InChI=1S/C11H16ClIN4O/c1-17(2)11-15-9(12)8(13)10(16-11)14-6-4-3-5-7(6)18/h6-7,18H,3-5H2,1-2H3,(H,14,15,16)/t6-,7?/m1/s1. The topological polar surface area (TPSA) is 61.3 Å². The SMILES string of the molecule is CN(C)c1nc(Cl)c(I)c(N[C@@H]2CCCC2O)n1. The molecule has 5 nitrogen and oxygen atoms in total. The van der Waals surface area contributed by atoms with Crippen molar-refractivity contribution in [2.24, 2.45) is 0 Å². The molecule has 1 fully saturated rings. The summed E-state index contributed by atoms with van der Waals surface area (Å²) in [5.74, 6) is 1.26. The van der Waals surface area contributed by atoms with Crippen LogP contribution in [0.1, 0.15) is 19.3 Å². The lowest BCUT2D eigenvalue weighted by atomic mass is 10.2. The number of aromatic nitrogens is 2. The van der Waals surface area contributed by atoms with Crippen LogP contribution in [0.2, 0.25) is 5.15 Å². The number of nitrogens with one attached hydrogen (secondary N) is 1. The predicted octanol–water partition coefficient (Wildman–Crippen LogP) is 2.13. The summed E-state index contributed by atoms with van der Waals surface area (Å²) in [5, 5.41) is 13.5. The van der Waals surface area contributed by atoms with Crippen molar-refractivity contribution in [1.82, 2.24) is 9.97 Å². The van der Waals surface area contributed by atoms with E-state index in [9.17, 15) is 5.11 Å². The second-order valence-electron chi connectivity index (χ2n) is 4.62. The molecule has 7 heteroatoms. The van der Waals surface area contributed by atoms with Crippen molar-refractivity contribution in [1.29, 1.82) is 0 Å². The van der Waals surface area contributed by atoms with E-state index in [0.29, 0.717) is 16.9 Å². The molecule has 1 unspecified atom stereocenters. The Morgan fingerprint density at radius 3 is 2.67 bits per heavy atom. The number of aliphatic hydroxyl groups excluding tert-OH is 1. The Morgan fingerprint density at radius 1 is 1.39 bits per heavy atom. The maximum atomic E-state index is 9.84. The van der Waals surface area contributed by atoms with Gasteiger partial charge < -0.3 is 15.3 Å². The molecule has 1 aliphatic carbocycles. The highest BCUT2D eigenvalue weighted by atomic mass is 127. The lowest BCUT2D eigenvalue weighted by molar-refractivity contribution is 0.171. The summed E-state index contributed by atoms with van der Waals surface area (Å²) in [7, 11) is 3.74. The molecule has 1 aromatic rings. The first kappa shape index (κ1) is 14.1. The van der Waals surface area contributed by atoms with Crippen molar-refractivity contribution in [3.8, 4) is 0 Å². The molecule has 0 spiro atoms. The minimum absolute atomic E-state index is 0.0551. The highest BCUT2D eigenvalue weighted by molar-refractivity contribution is 14.1. The van der Waals surface area contributed by atoms with Gasteiger partial charge in [0.2, 0.25) is 5.95 Å². The Balaban J connectivity index is 2.25. The van der Waals surface area contributed by atoms with Gasteiger partial charge in [-0.3, -0.25) is 0 Å². The zero-order valence-electron chi connectivity index (χ0n) is 10.3. The maximum Gasteiger partial charge on any atom is 0.228 e. The van der Waals surface area contributed by atoms with Gasteiger partial charge in [0.25, 0.3) is 0 Å². The average molecular weight is 383 g/mol. The maximum absolute atomic E-state index is 9.84. The number of anilines is 2. The minimum Gasteiger partial charge on any atom is -0.391 e. The van der Waals surface area contributed by atoms with E-state index >= 15 is 0 Å². The van der Waals surface area contributed by atoms with E-state index in [-0.39, 0.29) is 12.1 Å². The molecule has 0 saturated heterocycles. The largest absolute Gasteiger partial charge is 0.391 e. The smallest absolute Gasteiger partial charge is 0.228 e. The molecule has 0 aliphatic heterocycles. The average Bonchev–Trinajstić information content (AvgIpc) is 2.70. The Kier molecular flexibility index (Phi) is 4.50. The van der Waals surface area contributed by atoms with Gasteiger partial charge in [-0.05, 0) is 41.9 Å². The second kappa shape index (κ2) is 5.75. The zero-order chi connectivity index (χ0) is 13.3. The van der Waals surface area contributed by atoms with Gasteiger partial charge >= 0.3 is 0 Å². The van der Waals surface area contributed by atoms with Crippen LogP contribution < -0.4 is 10.2 Å². The molecule has 0 radical (unpaired) electrons. The van der Waals surface area contributed by atoms with Crippen molar-refractivity contribution in [3.63, 3.8) is 0 Å². The fourth-order valence-electron chi connectivity index (χ4n) is 1.99. The lowest BCUT2D eigenvalue weighted by Crippen LogP contribution is -2.29. The third kappa shape index (κ3) is 2.97. The Morgan fingerprint density at radius 2 is 2.11 bits per heavy atom. The van der Waals surface area contributed by atoms with Crippen molar-refractivity contribution >= 4 is 46.0 Å². The van der Waals surface area contributed by atoms with Crippen molar-refractivity contribution in [3.05, 3.63) is 8.72 Å². The van der Waals surface area contributed by atoms with Crippen LogP contribution in [-0.4, -0.2) is 41.3 Å². The molecule has 2 atom stereocenters. The van der Waals surface area contributed by atoms with Gasteiger partial charge in [0.15, 0.2) is 0 Å². The normalized spacial score (nSPS) is 23.2. The van der Waals surface area contributed by atoms with Crippen LogP contribution in [0, 0.1) is 3.57 Å². The summed E-state index contributed by atoms with van der Waals surface area (Å²) < 4.78 is 0.791. The second-order valence-corrected chi connectivity index (χ2v) is 6.06. The molecule has 0 aromatic carbocycles. The first-order valence-corrected chi connectivity index (χ1v) is 7.29. The summed E-state index contributed by atoms with van der Waals surface area (Å²) in [6.07, 6.45) is 2.52. The third-order valence-corrected chi connectivity index (χ3v) is 4.61. The third-order valence-electron chi connectivity index (χ3n) is 3.00. The predicted molar refractivity (Wildman–Crippen MR) is 81.4 cm³/mol. The lowest BCUT2D eigenvalue weighted by Gasteiger charge is -2.20. The number of rotatable bonds is 3. The molecule has 1 heterocycles. The van der Waals surface area contributed by atoms with E-state index in [1.807, 2.05) is 14.1 Å². The number of hydrogen-bond acceptors (Lipinski definition) is 5. The van der Waals surface area contributed by atoms with Crippen LogP contribution in [0.5, 0.6) is 0 Å². The van der Waals surface area contributed by atoms with Crippen molar-refractivity contribution < 1.29 is 5.11 Å². The van der Waals surface area contributed by atoms with Crippen LogP contribution in [0.25, 0.3) is 0 Å². The summed E-state index contributed by atoms with van der Waals surface area (Å²) in [6, 6.07) is 0.0551. The monoisotopic (exact) mass is 382 g/mol. The van der Waals surface area contributed by atoms with E-state index < -0.39 is 0 Å². The minimum atomic E-state index is -0.308. The zero-order valence-corrected chi connectivity index (χ0v) is 13.2. The van der Waals surface area contributed by atoms with Crippen molar-refractivity contribution in [2.45, 2.75) is 31.4 Å². The fraction of sp³-hybridized carbons (Fsp3) is 0.636. The summed E-state index contributed by atoms with van der Waals surface area (Å²) in [6.45, 7) is 0. The van der Waals surface area contributed by atoms with Gasteiger partial charge in [-0.15, -0.1) is 0 Å². The van der Waals surface area contributed by atoms with Gasteiger partial charge in [0.1, 0.15) is 11.0 Å². The van der Waals surface area contributed by atoms with Crippen LogP contribution in [0.15, 0.2) is 0 Å². The highest BCUT2D eigenvalue weighted by Crippen LogP contribution is 2.29. The van der Waals surface area contributed by atoms with Crippen LogP contribution in [-0.2, 0) is 0 Å². The first-order valence-electron chi connectivity index (χ1n) is 5.84. The first-order chi connectivity index (χ1) is 8.49. The Bertz CT molecular complexity index is 443. The highest BCUT2D eigenvalue weighted by Gasteiger charge is 2.26. The molecular formula is C11H16ClIN4O. The molecule has 100 valence electrons. The molecule has 1 aromatic heterocycles. The van der Waals surface area contributed by atoms with E-state index in [4.69, 9.17) is 11.6 Å². The fourth-order valence-corrected chi connectivity index (χ4v) is 2.55. The Labute approximate surface area is 125 Å². The van der Waals surface area contributed by atoms with E-state index in [1.54, 1.807) is 4.90 Å². The Hall–Kier alpha value is -0.340. The molecule has 18 heavy (non-hydrogen) atoms. The van der Waals surface area contributed by atoms with E-state index in [1.165, 1.54) is 0 Å². The molecule has 0 amide bonds. The summed E-state index contributed by atoms with van der Waals surface area (Å²) in [5.41, 5.74) is 0. The van der Waals surface area contributed by atoms with Crippen molar-refractivity contribution in [2.75, 3.05) is 24.3 Å². The molecular weight excluding hydrogens is 367 g/mol.